The highest BCUT2D eigenvalue weighted by Crippen LogP contribution is 2.24. The van der Waals surface area contributed by atoms with Crippen molar-refractivity contribution in [1.82, 2.24) is 9.80 Å². The van der Waals surface area contributed by atoms with Gasteiger partial charge in [-0.1, -0.05) is 6.07 Å². The average Bonchev–Trinajstić information content (AvgIpc) is 3.23. The number of anilines is 2. The minimum atomic E-state index is -0.218. The molecule has 26 heavy (non-hydrogen) atoms. The quantitative estimate of drug-likeness (QED) is 0.861. The predicted molar refractivity (Wildman–Crippen MR) is 99.9 cm³/mol. The number of nitrogens with one attached hydrogen (secondary N) is 1. The van der Waals surface area contributed by atoms with Crippen LogP contribution in [0.4, 0.5) is 11.4 Å². The molecule has 140 valence electrons. The van der Waals surface area contributed by atoms with E-state index in [2.05, 4.69) is 5.32 Å². The lowest BCUT2D eigenvalue weighted by atomic mass is 10.2. The molecule has 2 saturated heterocycles. The van der Waals surface area contributed by atoms with Crippen LogP contribution in [0, 0.1) is 0 Å². The number of hydrogen-bond donors (Lipinski definition) is 1. The number of nitrogens with zero attached hydrogens (tertiary/aromatic N) is 3. The van der Waals surface area contributed by atoms with Gasteiger partial charge in [0.05, 0.1) is 12.6 Å². The minimum Gasteiger partial charge on any atom is -0.347 e. The zero-order chi connectivity index (χ0) is 18.7. The number of likely N-dealkylation sites (tertiary alicyclic amines) is 1. The van der Waals surface area contributed by atoms with E-state index in [1.54, 1.807) is 23.9 Å². The summed E-state index contributed by atoms with van der Waals surface area (Å²) in [5.74, 6) is 0.0220. The molecular formula is C19H26N4O3. The van der Waals surface area contributed by atoms with Crippen LogP contribution in [-0.2, 0) is 14.4 Å². The van der Waals surface area contributed by atoms with Crippen LogP contribution in [0.1, 0.15) is 25.7 Å². The van der Waals surface area contributed by atoms with Crippen molar-refractivity contribution >= 4 is 29.1 Å². The fraction of sp³-hybridized carbons (Fsp3) is 0.526. The highest BCUT2D eigenvalue weighted by atomic mass is 16.2. The Labute approximate surface area is 153 Å². The van der Waals surface area contributed by atoms with Crippen LogP contribution in [0.15, 0.2) is 24.3 Å². The lowest BCUT2D eigenvalue weighted by molar-refractivity contribution is -0.134. The highest BCUT2D eigenvalue weighted by Gasteiger charge is 2.32. The third-order valence-electron chi connectivity index (χ3n) is 4.95. The molecule has 0 aliphatic carbocycles. The van der Waals surface area contributed by atoms with E-state index in [9.17, 15) is 14.4 Å². The molecule has 3 amide bonds. The first kappa shape index (κ1) is 18.4. The number of hydrogen-bond acceptors (Lipinski definition) is 4. The maximum atomic E-state index is 12.4. The summed E-state index contributed by atoms with van der Waals surface area (Å²) in [5.41, 5.74) is 1.48. The Morgan fingerprint density at radius 3 is 2.73 bits per heavy atom. The van der Waals surface area contributed by atoms with E-state index in [1.807, 2.05) is 29.2 Å². The van der Waals surface area contributed by atoms with Crippen LogP contribution in [0.3, 0.4) is 0 Å². The van der Waals surface area contributed by atoms with Crippen molar-refractivity contribution < 1.29 is 14.4 Å². The fourth-order valence-corrected chi connectivity index (χ4v) is 3.65. The molecule has 0 spiro atoms. The van der Waals surface area contributed by atoms with Gasteiger partial charge in [-0.2, -0.15) is 0 Å². The number of rotatable bonds is 5. The monoisotopic (exact) mass is 358 g/mol. The van der Waals surface area contributed by atoms with Gasteiger partial charge < -0.3 is 15.1 Å². The lowest BCUT2D eigenvalue weighted by Crippen LogP contribution is -2.45. The summed E-state index contributed by atoms with van der Waals surface area (Å²) >= 11 is 0. The van der Waals surface area contributed by atoms with Crippen LogP contribution in [-0.4, -0.2) is 67.3 Å². The second-order valence-corrected chi connectivity index (χ2v) is 7.11. The second kappa shape index (κ2) is 7.86. The van der Waals surface area contributed by atoms with Crippen molar-refractivity contribution in [3.8, 4) is 0 Å². The standard InChI is InChI=1S/C19H26N4O3/c1-21(2)19(26)16-8-4-10-22(16)13-17(24)20-14-6-3-7-15(12-14)23-11-5-9-18(23)25/h3,6-7,12,16H,4-5,8-11,13H2,1-2H3,(H,20,24). The number of likely N-dealkylation sites (N-methyl/N-ethyl adjacent to an activating group) is 1. The van der Waals surface area contributed by atoms with Crippen LogP contribution in [0.5, 0.6) is 0 Å². The maximum Gasteiger partial charge on any atom is 0.239 e. The Morgan fingerprint density at radius 1 is 1.23 bits per heavy atom. The van der Waals surface area contributed by atoms with Gasteiger partial charge in [-0.15, -0.1) is 0 Å². The molecule has 7 heteroatoms. The van der Waals surface area contributed by atoms with Crippen molar-refractivity contribution in [3.63, 3.8) is 0 Å². The van der Waals surface area contributed by atoms with E-state index >= 15 is 0 Å². The lowest BCUT2D eigenvalue weighted by Gasteiger charge is -2.25. The summed E-state index contributed by atoms with van der Waals surface area (Å²) in [6.45, 7) is 1.66. The van der Waals surface area contributed by atoms with Crippen molar-refractivity contribution in [2.24, 2.45) is 0 Å². The maximum absolute atomic E-state index is 12.4. The van der Waals surface area contributed by atoms with Gasteiger partial charge >= 0.3 is 0 Å². The van der Waals surface area contributed by atoms with Gasteiger partial charge in [-0.25, -0.2) is 0 Å². The van der Waals surface area contributed by atoms with Gasteiger partial charge in [-0.3, -0.25) is 19.3 Å². The predicted octanol–water partition coefficient (Wildman–Crippen LogP) is 1.30. The number of amides is 3. The van der Waals surface area contributed by atoms with Crippen molar-refractivity contribution in [3.05, 3.63) is 24.3 Å². The topological polar surface area (TPSA) is 73.0 Å². The highest BCUT2D eigenvalue weighted by molar-refractivity contribution is 5.97. The Kier molecular flexibility index (Phi) is 5.56. The summed E-state index contributed by atoms with van der Waals surface area (Å²) in [6.07, 6.45) is 3.15. The first-order valence-electron chi connectivity index (χ1n) is 9.11. The summed E-state index contributed by atoms with van der Waals surface area (Å²) in [5, 5.41) is 2.89. The van der Waals surface area contributed by atoms with Gasteiger partial charge in [0.1, 0.15) is 0 Å². The molecule has 2 aliphatic rings. The Hall–Kier alpha value is -2.41. The van der Waals surface area contributed by atoms with Gasteiger partial charge in [0, 0.05) is 38.4 Å². The Bertz CT molecular complexity index is 704. The molecule has 1 aromatic rings. The second-order valence-electron chi connectivity index (χ2n) is 7.11. The molecular weight excluding hydrogens is 332 g/mol. The van der Waals surface area contributed by atoms with E-state index in [-0.39, 0.29) is 30.3 Å². The summed E-state index contributed by atoms with van der Waals surface area (Å²) < 4.78 is 0. The molecule has 2 aliphatic heterocycles. The van der Waals surface area contributed by atoms with Gasteiger partial charge in [0.15, 0.2) is 0 Å². The smallest absolute Gasteiger partial charge is 0.239 e. The minimum absolute atomic E-state index is 0.0462. The zero-order valence-corrected chi connectivity index (χ0v) is 15.4. The van der Waals surface area contributed by atoms with Gasteiger partial charge in [-0.05, 0) is 44.0 Å². The normalized spacial score (nSPS) is 20.5. The molecule has 2 fully saturated rings. The largest absolute Gasteiger partial charge is 0.347 e. The molecule has 3 rings (SSSR count). The van der Waals surface area contributed by atoms with Gasteiger partial charge in [0.25, 0.3) is 0 Å². The van der Waals surface area contributed by atoms with Crippen LogP contribution < -0.4 is 10.2 Å². The number of carbonyl (C=O) groups is 3. The first-order chi connectivity index (χ1) is 12.5. The first-order valence-corrected chi connectivity index (χ1v) is 9.11. The van der Waals surface area contributed by atoms with Crippen molar-refractivity contribution in [2.75, 3.05) is 43.9 Å². The molecule has 1 aromatic carbocycles. The molecule has 7 nitrogen and oxygen atoms in total. The summed E-state index contributed by atoms with van der Waals surface area (Å²) in [7, 11) is 3.48. The third-order valence-corrected chi connectivity index (χ3v) is 4.95. The van der Waals surface area contributed by atoms with Gasteiger partial charge in [0.2, 0.25) is 17.7 Å². The van der Waals surface area contributed by atoms with Crippen LogP contribution in [0.2, 0.25) is 0 Å². The van der Waals surface area contributed by atoms with E-state index in [4.69, 9.17) is 0 Å². The Morgan fingerprint density at radius 2 is 2.04 bits per heavy atom. The number of benzene rings is 1. The molecule has 0 bridgehead atoms. The molecule has 2 heterocycles. The fourth-order valence-electron chi connectivity index (χ4n) is 3.65. The van der Waals surface area contributed by atoms with Crippen molar-refractivity contribution in [1.29, 1.82) is 0 Å². The van der Waals surface area contributed by atoms with E-state index in [1.165, 1.54) is 0 Å². The van der Waals surface area contributed by atoms with E-state index in [0.717, 1.165) is 38.0 Å². The molecule has 0 saturated carbocycles. The summed E-state index contributed by atoms with van der Waals surface area (Å²) in [4.78, 5) is 41.8. The SMILES string of the molecule is CN(C)C(=O)C1CCCN1CC(=O)Nc1cccc(N2CCCC2=O)c1. The molecule has 0 aromatic heterocycles. The molecule has 1 N–H and O–H groups in total. The average molecular weight is 358 g/mol. The molecule has 1 atom stereocenters. The summed E-state index contributed by atoms with van der Waals surface area (Å²) in [6, 6.07) is 7.14. The third kappa shape index (κ3) is 4.04. The van der Waals surface area contributed by atoms with E-state index in [0.29, 0.717) is 12.1 Å². The zero-order valence-electron chi connectivity index (χ0n) is 15.4. The number of carbonyl (C=O) groups excluding carboxylic acids is 3. The van der Waals surface area contributed by atoms with E-state index < -0.39 is 0 Å². The van der Waals surface area contributed by atoms with Crippen molar-refractivity contribution in [2.45, 2.75) is 31.7 Å². The molecule has 0 radical (unpaired) electrons. The Balaban J connectivity index is 1.61. The van der Waals surface area contributed by atoms with Crippen LogP contribution >= 0.6 is 0 Å². The molecule has 1 unspecified atom stereocenters. The van der Waals surface area contributed by atoms with Crippen LogP contribution in [0.25, 0.3) is 0 Å².